The van der Waals surface area contributed by atoms with Crippen molar-refractivity contribution in [1.82, 2.24) is 0 Å². The number of anilines is 2. The van der Waals surface area contributed by atoms with Crippen LogP contribution in [0.3, 0.4) is 0 Å². The van der Waals surface area contributed by atoms with E-state index in [4.69, 9.17) is 10.5 Å². The molecule has 0 radical (unpaired) electrons. The van der Waals surface area contributed by atoms with Crippen molar-refractivity contribution in [3.8, 4) is 5.75 Å². The Balaban J connectivity index is 2.15. The summed E-state index contributed by atoms with van der Waals surface area (Å²) in [7, 11) is 1.65. The monoisotopic (exact) mass is 220 g/mol. The first-order valence-electron chi connectivity index (χ1n) is 5.85. The van der Waals surface area contributed by atoms with Crippen LogP contribution in [-0.2, 0) is 0 Å². The summed E-state index contributed by atoms with van der Waals surface area (Å²) in [4.78, 5) is 0. The Kier molecular flexibility index (Phi) is 2.95. The number of hydrogen-bond acceptors (Lipinski definition) is 3. The van der Waals surface area contributed by atoms with Crippen LogP contribution in [0.4, 0.5) is 11.4 Å². The van der Waals surface area contributed by atoms with Gasteiger partial charge in [-0.3, -0.25) is 0 Å². The van der Waals surface area contributed by atoms with Gasteiger partial charge in [-0.05, 0) is 31.9 Å². The molecule has 1 aromatic rings. The van der Waals surface area contributed by atoms with Gasteiger partial charge < -0.3 is 15.8 Å². The van der Waals surface area contributed by atoms with E-state index in [-0.39, 0.29) is 5.54 Å². The second-order valence-electron chi connectivity index (χ2n) is 4.85. The second-order valence-corrected chi connectivity index (χ2v) is 4.85. The van der Waals surface area contributed by atoms with Gasteiger partial charge in [0, 0.05) is 11.6 Å². The molecule has 0 spiro atoms. The molecule has 0 unspecified atom stereocenters. The highest BCUT2D eigenvalue weighted by Crippen LogP contribution is 2.35. The molecule has 2 rings (SSSR count). The van der Waals surface area contributed by atoms with Crippen molar-refractivity contribution in [2.24, 2.45) is 0 Å². The lowest BCUT2D eigenvalue weighted by atomic mass is 10.00. The third kappa shape index (κ3) is 2.23. The molecule has 0 aliphatic heterocycles. The lowest BCUT2D eigenvalue weighted by Gasteiger charge is -2.27. The molecule has 88 valence electrons. The van der Waals surface area contributed by atoms with Crippen molar-refractivity contribution >= 4 is 11.4 Å². The third-order valence-electron chi connectivity index (χ3n) is 3.40. The topological polar surface area (TPSA) is 47.3 Å². The summed E-state index contributed by atoms with van der Waals surface area (Å²) < 4.78 is 5.14. The van der Waals surface area contributed by atoms with E-state index in [1.54, 1.807) is 7.11 Å². The average Bonchev–Trinajstić information content (AvgIpc) is 2.68. The minimum atomic E-state index is 0.211. The number of benzene rings is 1. The summed E-state index contributed by atoms with van der Waals surface area (Å²) in [5.41, 5.74) is 7.98. The van der Waals surface area contributed by atoms with Gasteiger partial charge in [-0.15, -0.1) is 0 Å². The molecule has 0 saturated heterocycles. The fourth-order valence-electron chi connectivity index (χ4n) is 2.39. The molecule has 16 heavy (non-hydrogen) atoms. The van der Waals surface area contributed by atoms with Gasteiger partial charge in [0.2, 0.25) is 0 Å². The Bertz CT molecular complexity index is 370. The van der Waals surface area contributed by atoms with E-state index in [0.29, 0.717) is 0 Å². The standard InChI is InChI=1S/C13H20N2O/c1-13(7-3-4-8-13)15-12-6-5-10(16-2)9-11(12)14/h5-6,9,15H,3-4,7-8,14H2,1-2H3. The molecule has 0 heterocycles. The second kappa shape index (κ2) is 4.24. The van der Waals surface area contributed by atoms with Gasteiger partial charge in [0.15, 0.2) is 0 Å². The Labute approximate surface area is 97.0 Å². The van der Waals surface area contributed by atoms with Crippen LogP contribution in [0.15, 0.2) is 18.2 Å². The lowest BCUT2D eigenvalue weighted by Crippen LogP contribution is -2.31. The summed E-state index contributed by atoms with van der Waals surface area (Å²) in [6.45, 7) is 2.27. The minimum Gasteiger partial charge on any atom is -0.497 e. The van der Waals surface area contributed by atoms with Gasteiger partial charge in [-0.2, -0.15) is 0 Å². The predicted octanol–water partition coefficient (Wildman–Crippen LogP) is 3.02. The first-order chi connectivity index (χ1) is 7.63. The van der Waals surface area contributed by atoms with E-state index < -0.39 is 0 Å². The molecule has 1 saturated carbocycles. The molecule has 3 heteroatoms. The number of rotatable bonds is 3. The molecular formula is C13H20N2O. The van der Waals surface area contributed by atoms with Crippen LogP contribution >= 0.6 is 0 Å². The molecule has 0 bridgehead atoms. The van der Waals surface area contributed by atoms with Crippen molar-refractivity contribution < 1.29 is 4.74 Å². The van der Waals surface area contributed by atoms with Crippen LogP contribution in [0.2, 0.25) is 0 Å². The maximum absolute atomic E-state index is 5.99. The highest BCUT2D eigenvalue weighted by Gasteiger charge is 2.28. The number of ether oxygens (including phenoxy) is 1. The fraction of sp³-hybridized carbons (Fsp3) is 0.538. The van der Waals surface area contributed by atoms with E-state index in [0.717, 1.165) is 17.1 Å². The highest BCUT2D eigenvalue weighted by atomic mass is 16.5. The normalized spacial score (nSPS) is 18.4. The molecule has 0 aromatic heterocycles. The summed E-state index contributed by atoms with van der Waals surface area (Å²) in [6.07, 6.45) is 5.05. The number of nitrogens with one attached hydrogen (secondary N) is 1. The van der Waals surface area contributed by atoms with E-state index in [1.165, 1.54) is 25.7 Å². The Morgan fingerprint density at radius 3 is 2.56 bits per heavy atom. The maximum Gasteiger partial charge on any atom is 0.121 e. The molecule has 1 aromatic carbocycles. The summed E-state index contributed by atoms with van der Waals surface area (Å²) in [5, 5.41) is 3.56. The van der Waals surface area contributed by atoms with Gasteiger partial charge in [-0.1, -0.05) is 12.8 Å². The van der Waals surface area contributed by atoms with Gasteiger partial charge in [0.25, 0.3) is 0 Å². The third-order valence-corrected chi connectivity index (χ3v) is 3.40. The molecule has 3 nitrogen and oxygen atoms in total. The first kappa shape index (κ1) is 11.1. The SMILES string of the molecule is COc1ccc(NC2(C)CCCC2)c(N)c1. The Morgan fingerprint density at radius 1 is 1.31 bits per heavy atom. The van der Waals surface area contributed by atoms with Gasteiger partial charge in [0.05, 0.1) is 18.5 Å². The van der Waals surface area contributed by atoms with Crippen LogP contribution in [0, 0.1) is 0 Å². The predicted molar refractivity (Wildman–Crippen MR) is 67.9 cm³/mol. The number of nitrogens with two attached hydrogens (primary N) is 1. The molecule has 1 fully saturated rings. The zero-order valence-electron chi connectivity index (χ0n) is 10.0. The molecule has 3 N–H and O–H groups in total. The van der Waals surface area contributed by atoms with E-state index in [9.17, 15) is 0 Å². The quantitative estimate of drug-likeness (QED) is 0.770. The molecule has 0 atom stereocenters. The number of nitrogen functional groups attached to an aromatic ring is 1. The average molecular weight is 220 g/mol. The lowest BCUT2D eigenvalue weighted by molar-refractivity contribution is 0.415. The van der Waals surface area contributed by atoms with Crippen LogP contribution in [0.25, 0.3) is 0 Å². The van der Waals surface area contributed by atoms with E-state index >= 15 is 0 Å². The van der Waals surface area contributed by atoms with E-state index in [2.05, 4.69) is 12.2 Å². The Hall–Kier alpha value is -1.38. The van der Waals surface area contributed by atoms with Crippen LogP contribution in [0.1, 0.15) is 32.6 Å². The molecule has 1 aliphatic carbocycles. The van der Waals surface area contributed by atoms with Crippen molar-refractivity contribution in [3.05, 3.63) is 18.2 Å². The van der Waals surface area contributed by atoms with Gasteiger partial charge in [-0.25, -0.2) is 0 Å². The van der Waals surface area contributed by atoms with Gasteiger partial charge >= 0.3 is 0 Å². The maximum atomic E-state index is 5.99. The van der Waals surface area contributed by atoms with Crippen LogP contribution < -0.4 is 15.8 Å². The summed E-state index contributed by atoms with van der Waals surface area (Å²) >= 11 is 0. The first-order valence-corrected chi connectivity index (χ1v) is 5.85. The Morgan fingerprint density at radius 2 is 2.00 bits per heavy atom. The molecule has 1 aliphatic rings. The van der Waals surface area contributed by atoms with Crippen molar-refractivity contribution in [3.63, 3.8) is 0 Å². The number of methoxy groups -OCH3 is 1. The zero-order chi connectivity index (χ0) is 11.6. The summed E-state index contributed by atoms with van der Waals surface area (Å²) in [5.74, 6) is 0.805. The molecule has 0 amide bonds. The van der Waals surface area contributed by atoms with Crippen LogP contribution in [0.5, 0.6) is 5.75 Å². The van der Waals surface area contributed by atoms with Crippen molar-refractivity contribution in [2.45, 2.75) is 38.1 Å². The molecular weight excluding hydrogens is 200 g/mol. The van der Waals surface area contributed by atoms with Gasteiger partial charge in [0.1, 0.15) is 5.75 Å². The van der Waals surface area contributed by atoms with E-state index in [1.807, 2.05) is 18.2 Å². The highest BCUT2D eigenvalue weighted by molar-refractivity contribution is 5.69. The van der Waals surface area contributed by atoms with Crippen molar-refractivity contribution in [2.75, 3.05) is 18.2 Å². The minimum absolute atomic E-state index is 0.211. The summed E-state index contributed by atoms with van der Waals surface area (Å²) in [6, 6.07) is 5.80. The fourth-order valence-corrected chi connectivity index (χ4v) is 2.39. The van der Waals surface area contributed by atoms with Crippen LogP contribution in [-0.4, -0.2) is 12.6 Å². The zero-order valence-corrected chi connectivity index (χ0v) is 10.0. The number of hydrogen-bond donors (Lipinski definition) is 2. The largest absolute Gasteiger partial charge is 0.497 e. The smallest absolute Gasteiger partial charge is 0.121 e. The van der Waals surface area contributed by atoms with Crippen molar-refractivity contribution in [1.29, 1.82) is 0 Å².